The Hall–Kier alpha value is -4.14. The fourth-order valence-corrected chi connectivity index (χ4v) is 3.15. The molecule has 0 aliphatic heterocycles. The molecule has 0 spiro atoms. The number of aromatic amines is 3. The highest BCUT2D eigenvalue weighted by atomic mass is 15.0. The number of H-pyrrole nitrogens is 3. The van der Waals surface area contributed by atoms with Gasteiger partial charge in [-0.15, -0.1) is 0 Å². The molecule has 3 N–H and O–H groups in total. The Bertz CT molecular complexity index is 1410. The van der Waals surface area contributed by atoms with Crippen LogP contribution in [0.1, 0.15) is 0 Å². The summed E-state index contributed by atoms with van der Waals surface area (Å²) in [5.41, 5.74) is 6.58. The van der Waals surface area contributed by atoms with Crippen molar-refractivity contribution in [3.05, 3.63) is 49.3 Å². The van der Waals surface area contributed by atoms with Gasteiger partial charge in [0.1, 0.15) is 23.5 Å². The predicted molar refractivity (Wildman–Crippen MR) is 99.7 cm³/mol. The molecular formula is C18H11N9. The summed E-state index contributed by atoms with van der Waals surface area (Å²) in [7, 11) is 0. The number of pyridine rings is 1. The van der Waals surface area contributed by atoms with Crippen molar-refractivity contribution in [2.24, 2.45) is 0 Å². The van der Waals surface area contributed by atoms with Gasteiger partial charge in [-0.3, -0.25) is 0 Å². The summed E-state index contributed by atoms with van der Waals surface area (Å²) in [5.74, 6) is 1.44. The van der Waals surface area contributed by atoms with Crippen molar-refractivity contribution in [1.29, 1.82) is 0 Å². The van der Waals surface area contributed by atoms with E-state index in [0.29, 0.717) is 17.1 Å². The Balaban J connectivity index is 1.46. The maximum Gasteiger partial charge on any atom is 0.181 e. The van der Waals surface area contributed by atoms with Crippen LogP contribution in [0.3, 0.4) is 0 Å². The molecule has 1 aromatic carbocycles. The second-order valence-corrected chi connectivity index (χ2v) is 6.16. The lowest BCUT2D eigenvalue weighted by Crippen LogP contribution is -1.84. The minimum atomic E-state index is 0.623. The van der Waals surface area contributed by atoms with E-state index >= 15 is 0 Å². The summed E-state index contributed by atoms with van der Waals surface area (Å²) in [6.07, 6.45) is 6.60. The minimum Gasteiger partial charge on any atom is -0.345 e. The molecule has 0 aliphatic rings. The molecule has 0 amide bonds. The standard InChI is InChI=1S/C18H11N9/c1-2-11-12(22-8-21-11)3-9(1)15-24-13-4-10(5-20-17(13)26-15)16-25-14-6-19-7-23-18(14)27-16/h1-8H,(H,21,22)(H,20,24,26)(H,19,23,25,27). The largest absolute Gasteiger partial charge is 0.345 e. The van der Waals surface area contributed by atoms with Gasteiger partial charge in [0, 0.05) is 17.3 Å². The van der Waals surface area contributed by atoms with Gasteiger partial charge < -0.3 is 15.0 Å². The molecular weight excluding hydrogens is 342 g/mol. The fraction of sp³-hybridized carbons (Fsp3) is 0. The van der Waals surface area contributed by atoms with Gasteiger partial charge in [0.15, 0.2) is 11.3 Å². The Kier molecular flexibility index (Phi) is 2.70. The van der Waals surface area contributed by atoms with E-state index in [0.717, 1.165) is 39.0 Å². The molecule has 128 valence electrons. The number of nitrogens with zero attached hydrogens (tertiary/aromatic N) is 6. The van der Waals surface area contributed by atoms with Crippen LogP contribution in [0.15, 0.2) is 49.3 Å². The molecule has 0 atom stereocenters. The summed E-state index contributed by atoms with van der Waals surface area (Å²) in [4.78, 5) is 35.6. The van der Waals surface area contributed by atoms with Crippen molar-refractivity contribution < 1.29 is 0 Å². The number of imidazole rings is 3. The molecule has 9 nitrogen and oxygen atoms in total. The van der Waals surface area contributed by atoms with Crippen molar-refractivity contribution in [1.82, 2.24) is 44.9 Å². The van der Waals surface area contributed by atoms with Crippen molar-refractivity contribution in [2.75, 3.05) is 0 Å². The Labute approximate surface area is 151 Å². The second-order valence-electron chi connectivity index (χ2n) is 6.16. The molecule has 6 aromatic rings. The van der Waals surface area contributed by atoms with Gasteiger partial charge in [-0.1, -0.05) is 0 Å². The van der Waals surface area contributed by atoms with Crippen LogP contribution in [0.2, 0.25) is 0 Å². The first-order chi connectivity index (χ1) is 13.3. The molecule has 0 radical (unpaired) electrons. The lowest BCUT2D eigenvalue weighted by Gasteiger charge is -1.96. The number of fused-ring (bicyclic) bond motifs is 3. The molecule has 5 heterocycles. The topological polar surface area (TPSA) is 125 Å². The molecule has 27 heavy (non-hydrogen) atoms. The predicted octanol–water partition coefficient (Wildman–Crippen LogP) is 2.83. The van der Waals surface area contributed by atoms with Crippen LogP contribution in [-0.2, 0) is 0 Å². The molecule has 5 aromatic heterocycles. The fourth-order valence-electron chi connectivity index (χ4n) is 3.15. The van der Waals surface area contributed by atoms with Crippen LogP contribution in [0.4, 0.5) is 0 Å². The van der Waals surface area contributed by atoms with E-state index in [9.17, 15) is 0 Å². The zero-order valence-corrected chi connectivity index (χ0v) is 13.8. The van der Waals surface area contributed by atoms with E-state index in [1.165, 1.54) is 6.33 Å². The summed E-state index contributed by atoms with van der Waals surface area (Å²) < 4.78 is 0. The van der Waals surface area contributed by atoms with E-state index in [4.69, 9.17) is 0 Å². The molecule has 0 saturated carbocycles. The second kappa shape index (κ2) is 5.18. The molecule has 6 rings (SSSR count). The quantitative estimate of drug-likeness (QED) is 0.439. The van der Waals surface area contributed by atoms with Crippen LogP contribution >= 0.6 is 0 Å². The number of hydrogen-bond donors (Lipinski definition) is 3. The van der Waals surface area contributed by atoms with Gasteiger partial charge in [0.2, 0.25) is 0 Å². The normalized spacial score (nSPS) is 11.7. The first kappa shape index (κ1) is 14.1. The summed E-state index contributed by atoms with van der Waals surface area (Å²) in [5, 5.41) is 0. The Morgan fingerprint density at radius 1 is 0.704 bits per heavy atom. The van der Waals surface area contributed by atoms with E-state index < -0.39 is 0 Å². The van der Waals surface area contributed by atoms with Crippen molar-refractivity contribution >= 4 is 33.4 Å². The SMILES string of the molecule is c1ncc2[nH]c(-c3cnc4nc(-c5ccc6nc[nH]c6c5)[nH]c4c3)nc2n1. The van der Waals surface area contributed by atoms with Crippen LogP contribution in [0, 0.1) is 0 Å². The lowest BCUT2D eigenvalue weighted by atomic mass is 10.2. The number of benzene rings is 1. The van der Waals surface area contributed by atoms with Gasteiger partial charge in [-0.25, -0.2) is 29.9 Å². The van der Waals surface area contributed by atoms with Crippen LogP contribution in [0.25, 0.3) is 56.1 Å². The third-order valence-electron chi connectivity index (χ3n) is 4.47. The van der Waals surface area contributed by atoms with Gasteiger partial charge in [-0.05, 0) is 24.3 Å². The van der Waals surface area contributed by atoms with E-state index in [1.807, 2.05) is 24.3 Å². The Morgan fingerprint density at radius 3 is 2.44 bits per heavy atom. The highest BCUT2D eigenvalue weighted by Gasteiger charge is 2.11. The summed E-state index contributed by atoms with van der Waals surface area (Å²) in [6.45, 7) is 0. The third-order valence-corrected chi connectivity index (χ3v) is 4.47. The summed E-state index contributed by atoms with van der Waals surface area (Å²) in [6, 6.07) is 7.93. The molecule has 9 heteroatoms. The maximum absolute atomic E-state index is 4.60. The average molecular weight is 353 g/mol. The first-order valence-electron chi connectivity index (χ1n) is 8.29. The molecule has 0 saturated heterocycles. The number of hydrogen-bond acceptors (Lipinski definition) is 6. The van der Waals surface area contributed by atoms with Crippen molar-refractivity contribution in [3.8, 4) is 22.8 Å². The minimum absolute atomic E-state index is 0.623. The highest BCUT2D eigenvalue weighted by molar-refractivity contribution is 5.84. The monoisotopic (exact) mass is 353 g/mol. The van der Waals surface area contributed by atoms with E-state index in [-0.39, 0.29) is 0 Å². The average Bonchev–Trinajstić information content (AvgIpc) is 3.42. The van der Waals surface area contributed by atoms with Crippen molar-refractivity contribution in [3.63, 3.8) is 0 Å². The third kappa shape index (κ3) is 2.18. The zero-order valence-electron chi connectivity index (χ0n) is 13.8. The highest BCUT2D eigenvalue weighted by Crippen LogP contribution is 2.25. The van der Waals surface area contributed by atoms with E-state index in [1.54, 1.807) is 18.7 Å². The maximum atomic E-state index is 4.60. The smallest absolute Gasteiger partial charge is 0.181 e. The van der Waals surface area contributed by atoms with Gasteiger partial charge >= 0.3 is 0 Å². The van der Waals surface area contributed by atoms with Gasteiger partial charge in [0.05, 0.1) is 29.1 Å². The van der Waals surface area contributed by atoms with Crippen LogP contribution in [0.5, 0.6) is 0 Å². The van der Waals surface area contributed by atoms with Crippen LogP contribution in [-0.4, -0.2) is 44.9 Å². The number of rotatable bonds is 2. The number of nitrogens with one attached hydrogen (secondary N) is 3. The Morgan fingerprint density at radius 2 is 1.52 bits per heavy atom. The zero-order chi connectivity index (χ0) is 17.8. The number of aromatic nitrogens is 9. The lowest BCUT2D eigenvalue weighted by molar-refractivity contribution is 1.20. The van der Waals surface area contributed by atoms with E-state index in [2.05, 4.69) is 44.9 Å². The first-order valence-corrected chi connectivity index (χ1v) is 8.29. The molecule has 0 aliphatic carbocycles. The van der Waals surface area contributed by atoms with Crippen molar-refractivity contribution in [2.45, 2.75) is 0 Å². The van der Waals surface area contributed by atoms with Gasteiger partial charge in [-0.2, -0.15) is 0 Å². The molecule has 0 unspecified atom stereocenters. The van der Waals surface area contributed by atoms with Crippen LogP contribution < -0.4 is 0 Å². The molecule has 0 fully saturated rings. The molecule has 0 bridgehead atoms. The summed E-state index contributed by atoms with van der Waals surface area (Å²) >= 11 is 0. The van der Waals surface area contributed by atoms with Gasteiger partial charge in [0.25, 0.3) is 0 Å².